The van der Waals surface area contributed by atoms with Crippen LogP contribution in [0.3, 0.4) is 0 Å². The first-order valence-electron chi connectivity index (χ1n) is 9.88. The van der Waals surface area contributed by atoms with E-state index in [9.17, 15) is 5.26 Å². The van der Waals surface area contributed by atoms with Crippen molar-refractivity contribution in [3.8, 4) is 17.2 Å². The fourth-order valence-corrected chi connectivity index (χ4v) is 4.05. The van der Waals surface area contributed by atoms with Crippen LogP contribution in [0.25, 0.3) is 11.1 Å². The van der Waals surface area contributed by atoms with Crippen LogP contribution in [-0.2, 0) is 11.8 Å². The molecule has 0 unspecified atom stereocenters. The van der Waals surface area contributed by atoms with Crippen molar-refractivity contribution in [2.45, 2.75) is 70.1 Å². The second kappa shape index (κ2) is 8.34. The van der Waals surface area contributed by atoms with Gasteiger partial charge in [0.1, 0.15) is 0 Å². The van der Waals surface area contributed by atoms with E-state index >= 15 is 0 Å². The van der Waals surface area contributed by atoms with E-state index in [1.165, 1.54) is 67.2 Å². The Labute approximate surface area is 152 Å². The summed E-state index contributed by atoms with van der Waals surface area (Å²) in [6.07, 6.45) is 10.7. The fourth-order valence-electron chi connectivity index (χ4n) is 4.05. The minimum absolute atomic E-state index is 0.250. The van der Waals surface area contributed by atoms with Crippen molar-refractivity contribution < 1.29 is 0 Å². The molecule has 0 saturated heterocycles. The molecule has 2 aromatic carbocycles. The maximum atomic E-state index is 9.75. The van der Waals surface area contributed by atoms with Crippen molar-refractivity contribution in [1.29, 1.82) is 5.26 Å². The lowest BCUT2D eigenvalue weighted by Gasteiger charge is -2.31. The number of nitriles is 1. The number of nitrogens with zero attached hydrogens (tertiary/aromatic N) is 1. The first-order valence-corrected chi connectivity index (χ1v) is 9.88. The van der Waals surface area contributed by atoms with Crippen LogP contribution in [0.5, 0.6) is 0 Å². The number of unbranched alkanes of at least 4 members (excludes halogenated alkanes) is 2. The Morgan fingerprint density at radius 3 is 2.00 bits per heavy atom. The maximum Gasteiger partial charge on any atom is 0.0822 e. The molecule has 1 aliphatic rings. The molecule has 0 aliphatic heterocycles. The maximum absolute atomic E-state index is 9.75. The lowest BCUT2D eigenvalue weighted by molar-refractivity contribution is 0.366. The number of hydrogen-bond donors (Lipinski definition) is 0. The van der Waals surface area contributed by atoms with Crippen molar-refractivity contribution >= 4 is 0 Å². The Morgan fingerprint density at radius 1 is 0.840 bits per heavy atom. The van der Waals surface area contributed by atoms with Crippen LogP contribution in [0.15, 0.2) is 48.5 Å². The molecule has 1 nitrogen and oxygen atoms in total. The van der Waals surface area contributed by atoms with Gasteiger partial charge in [0.25, 0.3) is 0 Å². The third-order valence-corrected chi connectivity index (χ3v) is 5.71. The van der Waals surface area contributed by atoms with E-state index in [1.54, 1.807) is 0 Å². The summed E-state index contributed by atoms with van der Waals surface area (Å²) in [5, 5.41) is 9.75. The second-order valence-corrected chi connectivity index (χ2v) is 7.49. The first kappa shape index (κ1) is 17.7. The molecule has 130 valence electrons. The average molecular weight is 332 g/mol. The molecular formula is C24H29N. The average Bonchev–Trinajstić information content (AvgIpc) is 2.69. The van der Waals surface area contributed by atoms with Crippen LogP contribution in [0, 0.1) is 11.3 Å². The van der Waals surface area contributed by atoms with Crippen molar-refractivity contribution in [1.82, 2.24) is 0 Å². The fraction of sp³-hybridized carbons (Fsp3) is 0.458. The van der Waals surface area contributed by atoms with Crippen LogP contribution in [-0.4, -0.2) is 0 Å². The lowest BCUT2D eigenvalue weighted by Crippen LogP contribution is -2.26. The van der Waals surface area contributed by atoms with E-state index in [0.717, 1.165) is 12.8 Å². The summed E-state index contributed by atoms with van der Waals surface area (Å²) in [6, 6.07) is 20.4. The Bertz CT molecular complexity index is 697. The molecule has 1 fully saturated rings. The highest BCUT2D eigenvalue weighted by atomic mass is 14.4. The highest BCUT2D eigenvalue weighted by Gasteiger charge is 2.33. The zero-order valence-electron chi connectivity index (χ0n) is 15.4. The van der Waals surface area contributed by atoms with Gasteiger partial charge >= 0.3 is 0 Å². The largest absolute Gasteiger partial charge is 0.197 e. The molecular weight excluding hydrogens is 302 g/mol. The molecule has 1 heteroatoms. The van der Waals surface area contributed by atoms with Gasteiger partial charge in [0.15, 0.2) is 0 Å². The SMILES string of the molecule is CCCCCc1ccc(-c2ccc(C3(C#N)CCCCC3)cc2)cc1. The molecule has 0 atom stereocenters. The normalized spacial score (nSPS) is 16.3. The van der Waals surface area contributed by atoms with E-state index in [-0.39, 0.29) is 5.41 Å². The Morgan fingerprint density at radius 2 is 1.44 bits per heavy atom. The topological polar surface area (TPSA) is 23.8 Å². The minimum atomic E-state index is -0.250. The van der Waals surface area contributed by atoms with Crippen molar-refractivity contribution in [2.75, 3.05) is 0 Å². The van der Waals surface area contributed by atoms with E-state index < -0.39 is 0 Å². The summed E-state index contributed by atoms with van der Waals surface area (Å²) in [5.74, 6) is 0. The number of aryl methyl sites for hydroxylation is 1. The zero-order chi connectivity index (χ0) is 17.5. The lowest BCUT2D eigenvalue weighted by atomic mass is 9.70. The summed E-state index contributed by atoms with van der Waals surface area (Å²) in [6.45, 7) is 2.25. The van der Waals surface area contributed by atoms with Crippen LogP contribution < -0.4 is 0 Å². The highest BCUT2D eigenvalue weighted by Crippen LogP contribution is 2.39. The third-order valence-electron chi connectivity index (χ3n) is 5.71. The summed E-state index contributed by atoms with van der Waals surface area (Å²) in [5.41, 5.74) is 4.89. The minimum Gasteiger partial charge on any atom is -0.197 e. The van der Waals surface area contributed by atoms with Gasteiger partial charge in [-0.15, -0.1) is 0 Å². The molecule has 1 saturated carbocycles. The molecule has 1 aliphatic carbocycles. The second-order valence-electron chi connectivity index (χ2n) is 7.49. The smallest absolute Gasteiger partial charge is 0.0822 e. The van der Waals surface area contributed by atoms with Gasteiger partial charge in [-0.3, -0.25) is 0 Å². The summed E-state index contributed by atoms with van der Waals surface area (Å²) in [7, 11) is 0. The first-order chi connectivity index (χ1) is 12.3. The molecule has 25 heavy (non-hydrogen) atoms. The van der Waals surface area contributed by atoms with E-state index in [0.29, 0.717) is 0 Å². The van der Waals surface area contributed by atoms with Crippen LogP contribution in [0.1, 0.15) is 69.4 Å². The molecule has 0 aromatic heterocycles. The Hall–Kier alpha value is -2.07. The number of hydrogen-bond acceptors (Lipinski definition) is 1. The van der Waals surface area contributed by atoms with Crippen molar-refractivity contribution in [2.24, 2.45) is 0 Å². The molecule has 2 aromatic rings. The number of benzene rings is 2. The van der Waals surface area contributed by atoms with E-state index in [2.05, 4.69) is 61.5 Å². The van der Waals surface area contributed by atoms with Gasteiger partial charge in [0.05, 0.1) is 11.5 Å². The predicted molar refractivity (Wildman–Crippen MR) is 105 cm³/mol. The summed E-state index contributed by atoms with van der Waals surface area (Å²) >= 11 is 0. The summed E-state index contributed by atoms with van der Waals surface area (Å²) in [4.78, 5) is 0. The molecule has 3 rings (SSSR count). The molecule has 0 bridgehead atoms. The molecule has 0 spiro atoms. The zero-order valence-corrected chi connectivity index (χ0v) is 15.4. The summed E-state index contributed by atoms with van der Waals surface area (Å²) < 4.78 is 0. The molecule has 0 N–H and O–H groups in total. The van der Waals surface area contributed by atoms with E-state index in [4.69, 9.17) is 0 Å². The van der Waals surface area contributed by atoms with Crippen LogP contribution in [0.4, 0.5) is 0 Å². The van der Waals surface area contributed by atoms with Gasteiger partial charge in [-0.25, -0.2) is 0 Å². The van der Waals surface area contributed by atoms with E-state index in [1.807, 2.05) is 0 Å². The van der Waals surface area contributed by atoms with Gasteiger partial charge < -0.3 is 0 Å². The van der Waals surface area contributed by atoms with Gasteiger partial charge in [0.2, 0.25) is 0 Å². The molecule has 0 heterocycles. The molecule has 0 amide bonds. The van der Waals surface area contributed by atoms with Gasteiger partial charge in [-0.05, 0) is 47.9 Å². The Kier molecular flexibility index (Phi) is 5.92. The van der Waals surface area contributed by atoms with Crippen LogP contribution >= 0.6 is 0 Å². The van der Waals surface area contributed by atoms with Gasteiger partial charge in [-0.1, -0.05) is 87.6 Å². The van der Waals surface area contributed by atoms with Gasteiger partial charge in [-0.2, -0.15) is 5.26 Å². The molecule has 0 radical (unpaired) electrons. The van der Waals surface area contributed by atoms with Crippen LogP contribution in [0.2, 0.25) is 0 Å². The number of rotatable bonds is 6. The monoisotopic (exact) mass is 331 g/mol. The standard InChI is InChI=1S/C24H29N/c1-2-3-5-8-20-9-11-21(12-10-20)22-13-15-23(16-14-22)24(19-25)17-6-4-7-18-24/h9-16H,2-8,17-18H2,1H3. The predicted octanol–water partition coefficient (Wildman–Crippen LogP) is 6.81. The Balaban J connectivity index is 1.73. The third kappa shape index (κ3) is 4.13. The van der Waals surface area contributed by atoms with Crippen molar-refractivity contribution in [3.05, 3.63) is 59.7 Å². The van der Waals surface area contributed by atoms with Crippen molar-refractivity contribution in [3.63, 3.8) is 0 Å². The van der Waals surface area contributed by atoms with Gasteiger partial charge in [0, 0.05) is 0 Å². The highest BCUT2D eigenvalue weighted by molar-refractivity contribution is 5.64. The quantitative estimate of drug-likeness (QED) is 0.533.